The zero-order chi connectivity index (χ0) is 28.1. The maximum Gasteiger partial charge on any atom is 0.162 e. The van der Waals surface area contributed by atoms with E-state index in [2.05, 4.69) is 15.9 Å². The van der Waals surface area contributed by atoms with E-state index in [9.17, 15) is 4.21 Å². The first-order valence-corrected chi connectivity index (χ1v) is 15.9. The number of anilines is 1. The summed E-state index contributed by atoms with van der Waals surface area (Å²) >= 11 is 1.80. The lowest BCUT2D eigenvalue weighted by atomic mass is 9.94. The van der Waals surface area contributed by atoms with Gasteiger partial charge in [-0.3, -0.25) is 4.90 Å². The molecule has 1 aromatic carbocycles. The van der Waals surface area contributed by atoms with E-state index in [-0.39, 0.29) is 0 Å². The average Bonchev–Trinajstić information content (AvgIpc) is 3.39. The first kappa shape index (κ1) is 29.1. The molecular weight excluding hydrogens is 544 g/mol. The van der Waals surface area contributed by atoms with E-state index in [4.69, 9.17) is 25.2 Å². The lowest BCUT2D eigenvalue weighted by Gasteiger charge is -2.31. The number of rotatable bonds is 10. The van der Waals surface area contributed by atoms with Crippen LogP contribution < -0.4 is 10.6 Å². The minimum atomic E-state index is -1.29. The van der Waals surface area contributed by atoms with Crippen LogP contribution in [-0.2, 0) is 27.0 Å². The van der Waals surface area contributed by atoms with Gasteiger partial charge in [-0.25, -0.2) is 18.5 Å². The van der Waals surface area contributed by atoms with Gasteiger partial charge in [-0.1, -0.05) is 6.07 Å². The third-order valence-electron chi connectivity index (χ3n) is 7.61. The molecule has 0 saturated carbocycles. The Morgan fingerprint density at radius 2 is 1.95 bits per heavy atom. The SMILES string of the molecule is COCCC1CCN(Cc2cc3nc(-c4cc(S(=O)N(C)C)ccc4/C=C\N)nc(N4CCOCC4)c3s2)CC1. The summed E-state index contributed by atoms with van der Waals surface area (Å²) in [6.45, 7) is 6.92. The van der Waals surface area contributed by atoms with Crippen molar-refractivity contribution < 1.29 is 13.7 Å². The van der Waals surface area contributed by atoms with Crippen molar-refractivity contribution in [1.82, 2.24) is 19.2 Å². The van der Waals surface area contributed by atoms with Crippen molar-refractivity contribution in [1.29, 1.82) is 0 Å². The molecule has 1 unspecified atom stereocenters. The van der Waals surface area contributed by atoms with Gasteiger partial charge in [0.2, 0.25) is 0 Å². The molecule has 9 nitrogen and oxygen atoms in total. The van der Waals surface area contributed by atoms with Gasteiger partial charge < -0.3 is 20.1 Å². The smallest absolute Gasteiger partial charge is 0.162 e. The molecule has 3 aromatic rings. The largest absolute Gasteiger partial charge is 0.405 e. The predicted octanol–water partition coefficient (Wildman–Crippen LogP) is 3.96. The fourth-order valence-electron chi connectivity index (χ4n) is 5.39. The molecule has 4 heterocycles. The van der Waals surface area contributed by atoms with Gasteiger partial charge in [0.25, 0.3) is 0 Å². The van der Waals surface area contributed by atoms with Gasteiger partial charge in [0.1, 0.15) is 11.0 Å². The Hall–Kier alpha value is -2.41. The number of aromatic nitrogens is 2. The van der Waals surface area contributed by atoms with Crippen LogP contribution >= 0.6 is 11.3 Å². The molecule has 11 heteroatoms. The van der Waals surface area contributed by atoms with Crippen LogP contribution in [0.5, 0.6) is 0 Å². The minimum Gasteiger partial charge on any atom is -0.405 e. The molecule has 2 aliphatic heterocycles. The Labute approximate surface area is 243 Å². The molecule has 5 rings (SSSR count). The number of nitrogens with zero attached hydrogens (tertiary/aromatic N) is 5. The number of piperidine rings is 1. The van der Waals surface area contributed by atoms with Crippen molar-refractivity contribution in [3.05, 3.63) is 40.9 Å². The maximum atomic E-state index is 12.9. The van der Waals surface area contributed by atoms with Crippen LogP contribution in [0.2, 0.25) is 0 Å². The van der Waals surface area contributed by atoms with E-state index in [0.29, 0.717) is 23.9 Å². The Morgan fingerprint density at radius 3 is 2.65 bits per heavy atom. The fourth-order valence-corrected chi connectivity index (χ4v) is 7.37. The van der Waals surface area contributed by atoms with Crippen molar-refractivity contribution in [2.45, 2.75) is 30.7 Å². The van der Waals surface area contributed by atoms with Crippen LogP contribution in [0, 0.1) is 5.92 Å². The third-order valence-corrected chi connectivity index (χ3v) is 10.0. The number of nitrogens with two attached hydrogens (primary N) is 1. The Morgan fingerprint density at radius 1 is 1.18 bits per heavy atom. The van der Waals surface area contributed by atoms with E-state index in [1.165, 1.54) is 23.9 Å². The second-order valence-corrected chi connectivity index (χ2v) is 13.4. The molecule has 0 amide bonds. The second-order valence-electron chi connectivity index (χ2n) is 10.6. The summed E-state index contributed by atoms with van der Waals surface area (Å²) in [4.78, 5) is 17.1. The van der Waals surface area contributed by atoms with E-state index >= 15 is 0 Å². The third kappa shape index (κ3) is 6.72. The Bertz CT molecular complexity index is 1350. The maximum absolute atomic E-state index is 12.9. The molecule has 0 aliphatic carbocycles. The summed E-state index contributed by atoms with van der Waals surface area (Å²) in [5.41, 5.74) is 8.45. The van der Waals surface area contributed by atoms with Gasteiger partial charge in [-0.2, -0.15) is 0 Å². The number of methoxy groups -OCH3 is 1. The zero-order valence-electron chi connectivity index (χ0n) is 23.7. The topological polar surface area (TPSA) is 97.0 Å². The zero-order valence-corrected chi connectivity index (χ0v) is 25.3. The summed E-state index contributed by atoms with van der Waals surface area (Å²) in [6.07, 6.45) is 6.96. The van der Waals surface area contributed by atoms with Gasteiger partial charge in [-0.15, -0.1) is 11.3 Å². The molecule has 0 bridgehead atoms. The van der Waals surface area contributed by atoms with Crippen molar-refractivity contribution in [2.24, 2.45) is 11.7 Å². The molecular formula is C29H40N6O3S2. The number of benzene rings is 1. The average molecular weight is 585 g/mol. The summed E-state index contributed by atoms with van der Waals surface area (Å²) < 4.78 is 26.6. The van der Waals surface area contributed by atoms with Crippen LogP contribution in [0.1, 0.15) is 29.7 Å². The van der Waals surface area contributed by atoms with Crippen molar-refractivity contribution in [2.75, 3.05) is 72.1 Å². The molecule has 2 fully saturated rings. The molecule has 0 spiro atoms. The first-order valence-electron chi connectivity index (χ1n) is 13.9. The van der Waals surface area contributed by atoms with Crippen LogP contribution in [0.25, 0.3) is 27.7 Å². The van der Waals surface area contributed by atoms with Crippen LogP contribution in [0.4, 0.5) is 5.82 Å². The number of fused-ring (bicyclic) bond motifs is 1. The highest BCUT2D eigenvalue weighted by Gasteiger charge is 2.24. The van der Waals surface area contributed by atoms with Crippen LogP contribution in [0.15, 0.2) is 35.4 Å². The highest BCUT2D eigenvalue weighted by Crippen LogP contribution is 2.37. The van der Waals surface area contributed by atoms with Crippen LogP contribution in [-0.4, -0.2) is 90.6 Å². The van der Waals surface area contributed by atoms with Gasteiger partial charge in [0.05, 0.1) is 28.3 Å². The van der Waals surface area contributed by atoms with Crippen molar-refractivity contribution in [3.63, 3.8) is 0 Å². The molecule has 1 atom stereocenters. The number of hydrogen-bond acceptors (Lipinski definition) is 9. The highest BCUT2D eigenvalue weighted by molar-refractivity contribution is 7.82. The minimum absolute atomic E-state index is 0.614. The Balaban J connectivity index is 1.50. The highest BCUT2D eigenvalue weighted by atomic mass is 32.2. The van der Waals surface area contributed by atoms with E-state index in [1.807, 2.05) is 24.3 Å². The normalized spacial score (nSPS) is 18.4. The van der Waals surface area contributed by atoms with E-state index < -0.39 is 11.0 Å². The van der Waals surface area contributed by atoms with E-state index in [0.717, 1.165) is 78.8 Å². The molecule has 216 valence electrons. The van der Waals surface area contributed by atoms with Gasteiger partial charge in [0.15, 0.2) is 11.6 Å². The van der Waals surface area contributed by atoms with Gasteiger partial charge in [-0.05, 0) is 88.4 Å². The summed E-state index contributed by atoms with van der Waals surface area (Å²) in [5, 5.41) is 0. The molecule has 0 radical (unpaired) electrons. The number of hydrogen-bond donors (Lipinski definition) is 1. The summed E-state index contributed by atoms with van der Waals surface area (Å²) in [7, 11) is 4.10. The number of ether oxygens (including phenoxy) is 2. The molecule has 40 heavy (non-hydrogen) atoms. The van der Waals surface area contributed by atoms with Crippen molar-refractivity contribution >= 4 is 44.4 Å². The monoisotopic (exact) mass is 584 g/mol. The first-order chi connectivity index (χ1) is 19.5. The van der Waals surface area contributed by atoms with Crippen LogP contribution in [0.3, 0.4) is 0 Å². The molecule has 2 N–H and O–H groups in total. The summed E-state index contributed by atoms with van der Waals surface area (Å²) in [6, 6.07) is 7.97. The summed E-state index contributed by atoms with van der Waals surface area (Å²) in [5.74, 6) is 2.32. The van der Waals surface area contributed by atoms with Gasteiger partial charge >= 0.3 is 0 Å². The number of likely N-dealkylation sites (tertiary alicyclic amines) is 1. The van der Waals surface area contributed by atoms with Crippen molar-refractivity contribution in [3.8, 4) is 11.4 Å². The Kier molecular flexibility index (Phi) is 9.82. The predicted molar refractivity (Wildman–Crippen MR) is 164 cm³/mol. The van der Waals surface area contributed by atoms with E-state index in [1.54, 1.807) is 36.8 Å². The van der Waals surface area contributed by atoms with Gasteiger partial charge in [0, 0.05) is 43.8 Å². The number of morpholine rings is 1. The fraction of sp³-hybridized carbons (Fsp3) is 0.517. The second kappa shape index (κ2) is 13.5. The molecule has 2 saturated heterocycles. The number of thiophene rings is 1. The quantitative estimate of drug-likeness (QED) is 0.383. The molecule has 2 aliphatic rings. The lowest BCUT2D eigenvalue weighted by Crippen LogP contribution is -2.36. The standard InChI is InChI=1S/C29H40N6O3S2/c1-33(2)40(36)24-5-4-22(6-10-30)25(19-24)28-31-26-18-23(20-34-11-7-21(8-12-34)9-15-37-3)39-27(26)29(32-28)35-13-16-38-17-14-35/h4-6,10,18-19,21H,7-9,11-17,20,30H2,1-3H3/b10-6-. The molecule has 2 aromatic heterocycles. The lowest BCUT2D eigenvalue weighted by molar-refractivity contribution is 0.122.